The van der Waals surface area contributed by atoms with Crippen LogP contribution >= 0.6 is 0 Å². The van der Waals surface area contributed by atoms with E-state index in [2.05, 4.69) is 10.1 Å². The molecule has 0 spiro atoms. The van der Waals surface area contributed by atoms with Crippen LogP contribution in [0, 0.1) is 0 Å². The van der Waals surface area contributed by atoms with Crippen LogP contribution in [-0.4, -0.2) is 13.2 Å². The Morgan fingerprint density at radius 2 is 2.27 bits per heavy atom. The van der Waals surface area contributed by atoms with Crippen LogP contribution in [0.1, 0.15) is 24.0 Å². The second-order valence-electron chi connectivity index (χ2n) is 3.74. The molecule has 2 nitrogen and oxygen atoms in total. The number of ether oxygens (including phenoxy) is 1. The second-order valence-corrected chi connectivity index (χ2v) is 3.74. The van der Waals surface area contributed by atoms with E-state index >= 15 is 0 Å². The molecular weight excluding hydrogens is 200 g/mol. The smallest absolute Gasteiger partial charge is 0.387 e. The molecule has 1 aromatic rings. The lowest BCUT2D eigenvalue weighted by atomic mass is 9.91. The van der Waals surface area contributed by atoms with Crippen LogP contribution in [0.4, 0.5) is 8.78 Å². The first-order valence-electron chi connectivity index (χ1n) is 4.96. The SMILES string of the molecule is CC1CNCc2cccc(OC(F)F)c21. The second kappa shape index (κ2) is 4.14. The number of benzene rings is 1. The molecule has 0 aliphatic carbocycles. The van der Waals surface area contributed by atoms with E-state index in [-0.39, 0.29) is 5.92 Å². The van der Waals surface area contributed by atoms with Crippen LogP contribution in [0.2, 0.25) is 0 Å². The molecule has 1 aromatic carbocycles. The van der Waals surface area contributed by atoms with E-state index in [4.69, 9.17) is 0 Å². The highest BCUT2D eigenvalue weighted by Gasteiger charge is 2.21. The molecule has 1 N–H and O–H groups in total. The van der Waals surface area contributed by atoms with Crippen molar-refractivity contribution in [2.75, 3.05) is 6.54 Å². The Bertz CT molecular complexity index is 354. The fourth-order valence-electron chi connectivity index (χ4n) is 2.03. The first-order chi connectivity index (χ1) is 7.18. The van der Waals surface area contributed by atoms with E-state index in [9.17, 15) is 8.78 Å². The Kier molecular flexibility index (Phi) is 2.86. The van der Waals surface area contributed by atoms with Crippen LogP contribution in [0.3, 0.4) is 0 Å². The third-order valence-corrected chi connectivity index (χ3v) is 2.63. The zero-order chi connectivity index (χ0) is 10.8. The highest BCUT2D eigenvalue weighted by Crippen LogP contribution is 2.33. The quantitative estimate of drug-likeness (QED) is 0.815. The Morgan fingerprint density at radius 3 is 3.00 bits per heavy atom. The Morgan fingerprint density at radius 1 is 1.47 bits per heavy atom. The van der Waals surface area contributed by atoms with E-state index < -0.39 is 6.61 Å². The molecule has 15 heavy (non-hydrogen) atoms. The normalized spacial score (nSPS) is 20.1. The summed E-state index contributed by atoms with van der Waals surface area (Å²) in [5.74, 6) is 0.528. The van der Waals surface area contributed by atoms with Crippen molar-refractivity contribution < 1.29 is 13.5 Å². The van der Waals surface area contributed by atoms with Crippen LogP contribution < -0.4 is 10.1 Å². The Labute approximate surface area is 87.2 Å². The topological polar surface area (TPSA) is 21.3 Å². The molecule has 82 valence electrons. The van der Waals surface area contributed by atoms with Crippen LogP contribution in [0.5, 0.6) is 5.75 Å². The number of hydrogen-bond donors (Lipinski definition) is 1. The van der Waals surface area contributed by atoms with Gasteiger partial charge < -0.3 is 10.1 Å². The number of hydrogen-bond acceptors (Lipinski definition) is 2. The van der Waals surface area contributed by atoms with E-state index in [0.717, 1.165) is 24.2 Å². The van der Waals surface area contributed by atoms with Crippen molar-refractivity contribution in [2.45, 2.75) is 26.0 Å². The standard InChI is InChI=1S/C11H13F2NO/c1-7-5-14-6-8-3-2-4-9(10(7)8)15-11(12)13/h2-4,7,11,14H,5-6H2,1H3. The number of rotatable bonds is 2. The van der Waals surface area contributed by atoms with Gasteiger partial charge in [0.05, 0.1) is 0 Å². The minimum Gasteiger partial charge on any atom is -0.435 e. The van der Waals surface area contributed by atoms with Gasteiger partial charge in [-0.3, -0.25) is 0 Å². The van der Waals surface area contributed by atoms with Gasteiger partial charge in [-0.1, -0.05) is 19.1 Å². The van der Waals surface area contributed by atoms with Crippen molar-refractivity contribution in [3.63, 3.8) is 0 Å². The van der Waals surface area contributed by atoms with Crippen molar-refractivity contribution in [1.29, 1.82) is 0 Å². The summed E-state index contributed by atoms with van der Waals surface area (Å²) in [5.41, 5.74) is 1.96. The zero-order valence-corrected chi connectivity index (χ0v) is 8.47. The van der Waals surface area contributed by atoms with E-state index in [1.54, 1.807) is 12.1 Å². The van der Waals surface area contributed by atoms with Crippen molar-refractivity contribution in [2.24, 2.45) is 0 Å². The molecule has 0 amide bonds. The number of nitrogens with one attached hydrogen (secondary N) is 1. The predicted octanol–water partition coefficient (Wildman–Crippen LogP) is 2.49. The summed E-state index contributed by atoms with van der Waals surface area (Å²) in [6.45, 7) is 0.777. The maximum Gasteiger partial charge on any atom is 0.387 e. The van der Waals surface area contributed by atoms with Gasteiger partial charge in [0.2, 0.25) is 0 Å². The third-order valence-electron chi connectivity index (χ3n) is 2.63. The highest BCUT2D eigenvalue weighted by molar-refractivity contribution is 5.44. The first-order valence-corrected chi connectivity index (χ1v) is 4.96. The minimum absolute atomic E-state index is 0.212. The van der Waals surface area contributed by atoms with Crippen LogP contribution in [-0.2, 0) is 6.54 Å². The summed E-state index contributed by atoms with van der Waals surface area (Å²) >= 11 is 0. The zero-order valence-electron chi connectivity index (χ0n) is 8.47. The fraction of sp³-hybridized carbons (Fsp3) is 0.455. The average Bonchev–Trinajstić information content (AvgIpc) is 2.17. The van der Waals surface area contributed by atoms with Gasteiger partial charge in [0.1, 0.15) is 5.75 Å². The monoisotopic (exact) mass is 213 g/mol. The lowest BCUT2D eigenvalue weighted by Crippen LogP contribution is -2.27. The van der Waals surface area contributed by atoms with Gasteiger partial charge in [0, 0.05) is 18.7 Å². The molecule has 0 saturated carbocycles. The maximum absolute atomic E-state index is 12.2. The van der Waals surface area contributed by atoms with E-state index in [1.807, 2.05) is 13.0 Å². The molecule has 0 radical (unpaired) electrons. The molecule has 1 aliphatic heterocycles. The van der Waals surface area contributed by atoms with Gasteiger partial charge in [0.15, 0.2) is 0 Å². The number of fused-ring (bicyclic) bond motifs is 1. The third kappa shape index (κ3) is 2.09. The molecule has 4 heteroatoms. The lowest BCUT2D eigenvalue weighted by molar-refractivity contribution is -0.0507. The van der Waals surface area contributed by atoms with Gasteiger partial charge in [0.25, 0.3) is 0 Å². The van der Waals surface area contributed by atoms with Crippen molar-refractivity contribution in [3.8, 4) is 5.75 Å². The molecule has 0 bridgehead atoms. The maximum atomic E-state index is 12.2. The van der Waals surface area contributed by atoms with E-state index in [0.29, 0.717) is 5.75 Å². The summed E-state index contributed by atoms with van der Waals surface area (Å²) in [4.78, 5) is 0. The first kappa shape index (κ1) is 10.4. The van der Waals surface area contributed by atoms with Crippen LogP contribution in [0.15, 0.2) is 18.2 Å². The molecule has 2 rings (SSSR count). The molecule has 0 fully saturated rings. The molecule has 1 heterocycles. The predicted molar refractivity (Wildman–Crippen MR) is 53.2 cm³/mol. The summed E-state index contributed by atoms with van der Waals surface area (Å²) < 4.78 is 28.9. The molecule has 0 aromatic heterocycles. The molecule has 1 aliphatic rings. The Balaban J connectivity index is 2.38. The molecule has 1 unspecified atom stereocenters. The van der Waals surface area contributed by atoms with Gasteiger partial charge in [-0.05, 0) is 17.5 Å². The van der Waals surface area contributed by atoms with Gasteiger partial charge in [-0.15, -0.1) is 0 Å². The highest BCUT2D eigenvalue weighted by atomic mass is 19.3. The minimum atomic E-state index is -2.75. The van der Waals surface area contributed by atoms with Gasteiger partial charge in [-0.2, -0.15) is 8.78 Å². The van der Waals surface area contributed by atoms with Gasteiger partial charge >= 0.3 is 6.61 Å². The molecular formula is C11H13F2NO. The summed E-state index contributed by atoms with van der Waals surface area (Å²) in [7, 11) is 0. The van der Waals surface area contributed by atoms with Crippen LogP contribution in [0.25, 0.3) is 0 Å². The number of halogens is 2. The van der Waals surface area contributed by atoms with Gasteiger partial charge in [-0.25, -0.2) is 0 Å². The summed E-state index contributed by atoms with van der Waals surface area (Å²) in [5, 5.41) is 3.23. The average molecular weight is 213 g/mol. The largest absolute Gasteiger partial charge is 0.435 e. The molecule has 1 atom stereocenters. The lowest BCUT2D eigenvalue weighted by Gasteiger charge is -2.25. The number of alkyl halides is 2. The van der Waals surface area contributed by atoms with Crippen molar-refractivity contribution in [1.82, 2.24) is 5.32 Å². The van der Waals surface area contributed by atoms with E-state index in [1.165, 1.54) is 0 Å². The fourth-order valence-corrected chi connectivity index (χ4v) is 2.03. The molecule has 0 saturated heterocycles. The van der Waals surface area contributed by atoms with Crippen molar-refractivity contribution in [3.05, 3.63) is 29.3 Å². The van der Waals surface area contributed by atoms with Crippen molar-refractivity contribution >= 4 is 0 Å². The Hall–Kier alpha value is -1.16. The summed E-state index contributed by atoms with van der Waals surface area (Å²) in [6.07, 6.45) is 0. The summed E-state index contributed by atoms with van der Waals surface area (Å²) in [6, 6.07) is 5.29.